The highest BCUT2D eigenvalue weighted by atomic mass is 16.5. The zero-order valence-electron chi connectivity index (χ0n) is 11.8. The summed E-state index contributed by atoms with van der Waals surface area (Å²) in [5.41, 5.74) is 1.54. The number of hydrogen-bond acceptors (Lipinski definition) is 8. The van der Waals surface area contributed by atoms with Crippen molar-refractivity contribution >= 4 is 11.6 Å². The molecular weight excluding hydrogens is 248 g/mol. The average Bonchev–Trinajstić information content (AvgIpc) is 2.34. The summed E-state index contributed by atoms with van der Waals surface area (Å²) < 4.78 is 5.19. The summed E-state index contributed by atoms with van der Waals surface area (Å²) in [6, 6.07) is 0. The van der Waals surface area contributed by atoms with Gasteiger partial charge in [0.25, 0.3) is 0 Å². The van der Waals surface area contributed by atoms with E-state index >= 15 is 0 Å². The maximum Gasteiger partial charge on any atom is 0.205 e. The van der Waals surface area contributed by atoms with Gasteiger partial charge in [-0.2, -0.15) is 0 Å². The molecule has 1 aromatic rings. The van der Waals surface area contributed by atoms with Gasteiger partial charge in [0, 0.05) is 13.1 Å². The van der Waals surface area contributed by atoms with E-state index in [4.69, 9.17) is 10.6 Å². The second-order valence-corrected chi connectivity index (χ2v) is 4.84. The summed E-state index contributed by atoms with van der Waals surface area (Å²) in [5, 5.41) is 13.2. The number of hydrazine groups is 1. The summed E-state index contributed by atoms with van der Waals surface area (Å²) >= 11 is 0. The number of nitrogens with two attached hydrogens (primary N) is 1. The predicted molar refractivity (Wildman–Crippen MR) is 74.1 cm³/mol. The molecule has 1 atom stereocenters. The second-order valence-electron chi connectivity index (χ2n) is 4.84. The first-order valence-corrected chi connectivity index (χ1v) is 5.86. The summed E-state index contributed by atoms with van der Waals surface area (Å²) in [6.07, 6.45) is 1.36. The minimum Gasteiger partial charge on any atom is -0.490 e. The Labute approximate surface area is 113 Å². The molecule has 8 nitrogen and oxygen atoms in total. The van der Waals surface area contributed by atoms with Crippen LogP contribution >= 0.6 is 0 Å². The molecule has 1 heterocycles. The van der Waals surface area contributed by atoms with Gasteiger partial charge in [0.1, 0.15) is 6.33 Å². The number of likely N-dealkylation sites (N-methyl/N-ethyl adjacent to an activating group) is 1. The molecule has 0 bridgehead atoms. The third kappa shape index (κ3) is 4.51. The van der Waals surface area contributed by atoms with E-state index in [1.807, 2.05) is 19.0 Å². The van der Waals surface area contributed by atoms with Crippen LogP contribution in [0.15, 0.2) is 6.33 Å². The molecule has 0 aliphatic carbocycles. The topological polar surface area (TPSA) is 109 Å². The number of ether oxygens (including phenoxy) is 1. The van der Waals surface area contributed by atoms with Crippen molar-refractivity contribution in [2.45, 2.75) is 12.5 Å². The lowest BCUT2D eigenvalue weighted by molar-refractivity contribution is 0.0458. The number of aliphatic hydroxyl groups is 1. The van der Waals surface area contributed by atoms with Crippen LogP contribution in [-0.2, 0) is 0 Å². The first-order valence-electron chi connectivity index (χ1n) is 5.86. The highest BCUT2D eigenvalue weighted by molar-refractivity contribution is 5.63. The molecule has 1 aromatic heterocycles. The molecule has 108 valence electrons. The van der Waals surface area contributed by atoms with E-state index in [1.54, 1.807) is 6.92 Å². The summed E-state index contributed by atoms with van der Waals surface area (Å²) in [5.74, 6) is 6.60. The molecule has 0 saturated carbocycles. The lowest BCUT2D eigenvalue weighted by Gasteiger charge is -2.27. The van der Waals surface area contributed by atoms with Gasteiger partial charge in [-0.05, 0) is 21.0 Å². The van der Waals surface area contributed by atoms with E-state index < -0.39 is 5.60 Å². The first kappa shape index (κ1) is 15.4. The first-order chi connectivity index (χ1) is 8.89. The molecule has 19 heavy (non-hydrogen) atoms. The molecule has 1 unspecified atom stereocenters. The van der Waals surface area contributed by atoms with Crippen LogP contribution in [0.1, 0.15) is 6.92 Å². The Morgan fingerprint density at radius 3 is 2.58 bits per heavy atom. The van der Waals surface area contributed by atoms with Crippen molar-refractivity contribution in [1.29, 1.82) is 0 Å². The third-order valence-electron chi connectivity index (χ3n) is 2.44. The number of hydrogen-bond donors (Lipinski definition) is 4. The monoisotopic (exact) mass is 270 g/mol. The van der Waals surface area contributed by atoms with Crippen LogP contribution in [0.4, 0.5) is 11.6 Å². The fourth-order valence-corrected chi connectivity index (χ4v) is 1.81. The maximum absolute atomic E-state index is 10.2. The van der Waals surface area contributed by atoms with E-state index in [9.17, 15) is 5.11 Å². The van der Waals surface area contributed by atoms with Crippen LogP contribution < -0.4 is 21.3 Å². The number of anilines is 2. The highest BCUT2D eigenvalue weighted by Gasteiger charge is 2.22. The van der Waals surface area contributed by atoms with E-state index in [-0.39, 0.29) is 0 Å². The summed E-state index contributed by atoms with van der Waals surface area (Å²) in [6.45, 7) is 2.59. The Kier molecular flexibility index (Phi) is 5.28. The van der Waals surface area contributed by atoms with E-state index in [0.29, 0.717) is 30.5 Å². The standard InChI is InChI=1S/C11H22N6O2/c1-11(18,6-17(2)3)5-13-9-8(19-4)10(16-12)15-7-14-9/h7,18H,5-6,12H2,1-4H3,(H2,13,14,15,16). The number of nitrogen functional groups attached to an aromatic ring is 1. The van der Waals surface area contributed by atoms with Crippen LogP contribution in [0.25, 0.3) is 0 Å². The van der Waals surface area contributed by atoms with E-state index in [1.165, 1.54) is 13.4 Å². The molecule has 0 radical (unpaired) electrons. The van der Waals surface area contributed by atoms with Gasteiger partial charge in [-0.3, -0.25) is 0 Å². The van der Waals surface area contributed by atoms with Gasteiger partial charge in [-0.15, -0.1) is 0 Å². The fourth-order valence-electron chi connectivity index (χ4n) is 1.81. The molecule has 0 aromatic carbocycles. The van der Waals surface area contributed by atoms with Gasteiger partial charge in [0.05, 0.1) is 12.7 Å². The molecule has 8 heteroatoms. The van der Waals surface area contributed by atoms with E-state index in [0.717, 1.165) is 0 Å². The van der Waals surface area contributed by atoms with Crippen LogP contribution in [0.2, 0.25) is 0 Å². The second kappa shape index (κ2) is 6.50. The molecule has 0 saturated heterocycles. The van der Waals surface area contributed by atoms with Gasteiger partial charge in [0.2, 0.25) is 5.75 Å². The number of aromatic nitrogens is 2. The SMILES string of the molecule is COc1c(NN)ncnc1NCC(C)(O)CN(C)C. The Hall–Kier alpha value is -1.64. The molecule has 1 rings (SSSR count). The smallest absolute Gasteiger partial charge is 0.205 e. The minimum atomic E-state index is -0.893. The van der Waals surface area contributed by atoms with Gasteiger partial charge in [0.15, 0.2) is 11.6 Å². The minimum absolute atomic E-state index is 0.322. The van der Waals surface area contributed by atoms with Crippen molar-refractivity contribution in [2.24, 2.45) is 5.84 Å². The van der Waals surface area contributed by atoms with Crippen molar-refractivity contribution in [3.8, 4) is 5.75 Å². The van der Waals surface area contributed by atoms with Gasteiger partial charge in [-0.1, -0.05) is 0 Å². The lowest BCUT2D eigenvalue weighted by atomic mass is 10.1. The summed E-state index contributed by atoms with van der Waals surface area (Å²) in [7, 11) is 5.30. The average molecular weight is 270 g/mol. The predicted octanol–water partition coefficient (Wildman–Crippen LogP) is -0.505. The van der Waals surface area contributed by atoms with E-state index in [2.05, 4.69) is 20.7 Å². The Morgan fingerprint density at radius 2 is 2.05 bits per heavy atom. The third-order valence-corrected chi connectivity index (χ3v) is 2.44. The Balaban J connectivity index is 2.77. The largest absolute Gasteiger partial charge is 0.490 e. The molecular formula is C11H22N6O2. The number of methoxy groups -OCH3 is 1. The molecule has 0 spiro atoms. The Morgan fingerprint density at radius 1 is 1.42 bits per heavy atom. The number of rotatable bonds is 7. The maximum atomic E-state index is 10.2. The quantitative estimate of drug-likeness (QED) is 0.388. The van der Waals surface area contributed by atoms with Crippen molar-refractivity contribution in [3.05, 3.63) is 6.33 Å². The van der Waals surface area contributed by atoms with Crippen LogP contribution in [-0.4, -0.2) is 59.9 Å². The van der Waals surface area contributed by atoms with Crippen LogP contribution in [0, 0.1) is 0 Å². The van der Waals surface area contributed by atoms with Gasteiger partial charge in [-0.25, -0.2) is 15.8 Å². The van der Waals surface area contributed by atoms with Crippen molar-refractivity contribution in [3.63, 3.8) is 0 Å². The fraction of sp³-hybridized carbons (Fsp3) is 0.636. The zero-order chi connectivity index (χ0) is 14.5. The van der Waals surface area contributed by atoms with Crippen molar-refractivity contribution in [1.82, 2.24) is 14.9 Å². The zero-order valence-corrected chi connectivity index (χ0v) is 11.8. The van der Waals surface area contributed by atoms with Crippen LogP contribution in [0.5, 0.6) is 5.75 Å². The van der Waals surface area contributed by atoms with Gasteiger partial charge < -0.3 is 25.5 Å². The van der Waals surface area contributed by atoms with Crippen molar-refractivity contribution < 1.29 is 9.84 Å². The molecule has 0 aliphatic heterocycles. The van der Waals surface area contributed by atoms with Crippen molar-refractivity contribution in [2.75, 3.05) is 45.0 Å². The number of nitrogens with zero attached hydrogens (tertiary/aromatic N) is 3. The van der Waals surface area contributed by atoms with Crippen LogP contribution in [0.3, 0.4) is 0 Å². The lowest BCUT2D eigenvalue weighted by Crippen LogP contribution is -2.43. The Bertz CT molecular complexity index is 410. The molecule has 0 amide bonds. The van der Waals surface area contributed by atoms with Gasteiger partial charge >= 0.3 is 0 Å². The normalized spacial score (nSPS) is 14.1. The highest BCUT2D eigenvalue weighted by Crippen LogP contribution is 2.28. The molecule has 0 aliphatic rings. The number of nitrogens with one attached hydrogen (secondary N) is 2. The molecule has 0 fully saturated rings. The molecule has 5 N–H and O–H groups in total. The summed E-state index contributed by atoms with van der Waals surface area (Å²) in [4.78, 5) is 9.92.